The van der Waals surface area contributed by atoms with Crippen LogP contribution in [0, 0.1) is 0 Å². The smallest absolute Gasteiger partial charge is 0.193 e. The van der Waals surface area contributed by atoms with Crippen LogP contribution in [0.3, 0.4) is 0 Å². The van der Waals surface area contributed by atoms with Crippen molar-refractivity contribution < 1.29 is 9.59 Å². The van der Waals surface area contributed by atoms with E-state index in [4.69, 9.17) is 0 Å². The van der Waals surface area contributed by atoms with Gasteiger partial charge in [0.05, 0.1) is 9.81 Å². The number of hydrogen-bond acceptors (Lipinski definition) is 3. The summed E-state index contributed by atoms with van der Waals surface area (Å²) in [6, 6.07) is 15.3. The lowest BCUT2D eigenvalue weighted by molar-refractivity contribution is -0.108. The van der Waals surface area contributed by atoms with Gasteiger partial charge in [-0.25, -0.2) is 0 Å². The van der Waals surface area contributed by atoms with Gasteiger partial charge in [0, 0.05) is 0 Å². The van der Waals surface area contributed by atoms with Gasteiger partial charge in [-0.1, -0.05) is 60.3 Å². The van der Waals surface area contributed by atoms with Crippen molar-refractivity contribution in [3.8, 4) is 0 Å². The summed E-state index contributed by atoms with van der Waals surface area (Å²) in [7, 11) is 0. The van der Waals surface area contributed by atoms with Crippen LogP contribution in [-0.2, 0) is 9.59 Å². The van der Waals surface area contributed by atoms with Crippen LogP contribution < -0.4 is 20.9 Å². The molecule has 0 unspecified atom stereocenters. The Morgan fingerprint density at radius 3 is 1.52 bits per heavy atom. The second-order valence-corrected chi connectivity index (χ2v) is 5.97. The molecule has 2 aliphatic rings. The first-order chi connectivity index (χ1) is 10.2. The van der Waals surface area contributed by atoms with Crippen molar-refractivity contribution in [1.82, 2.24) is 0 Å². The van der Waals surface area contributed by atoms with Crippen molar-refractivity contribution in [3.63, 3.8) is 0 Å². The standard InChI is InChI=1S/C18H10O2S/c19-15-9-11-5-1-3-7-13(11)17(15)21-18-14-8-4-2-6-12(14)10-16(18)20/h1-10H. The molecule has 0 heterocycles. The average Bonchev–Trinajstić information content (AvgIpc) is 2.97. The molecule has 0 atom stereocenters. The van der Waals surface area contributed by atoms with E-state index in [-0.39, 0.29) is 11.6 Å². The third-order valence-corrected chi connectivity index (χ3v) is 4.89. The lowest BCUT2D eigenvalue weighted by Crippen LogP contribution is -2.23. The van der Waals surface area contributed by atoms with Gasteiger partial charge in [-0.2, -0.15) is 0 Å². The highest BCUT2D eigenvalue weighted by molar-refractivity contribution is 8.18. The van der Waals surface area contributed by atoms with E-state index in [0.29, 0.717) is 9.81 Å². The van der Waals surface area contributed by atoms with Gasteiger partial charge in [0.15, 0.2) is 11.6 Å². The van der Waals surface area contributed by atoms with E-state index < -0.39 is 0 Å². The number of rotatable bonds is 2. The van der Waals surface area contributed by atoms with E-state index >= 15 is 0 Å². The zero-order valence-electron chi connectivity index (χ0n) is 11.0. The number of ketones is 2. The fourth-order valence-corrected chi connectivity index (χ4v) is 3.77. The minimum atomic E-state index is -0.0223. The monoisotopic (exact) mass is 290 g/mol. The quantitative estimate of drug-likeness (QED) is 0.784. The maximum atomic E-state index is 12.2. The maximum Gasteiger partial charge on any atom is 0.193 e. The lowest BCUT2D eigenvalue weighted by Gasteiger charge is -2.01. The molecule has 2 aromatic rings. The molecule has 0 aromatic heterocycles. The second-order valence-electron chi connectivity index (χ2n) is 4.95. The first-order valence-corrected chi connectivity index (χ1v) is 7.44. The van der Waals surface area contributed by atoms with Crippen molar-refractivity contribution in [1.29, 1.82) is 0 Å². The third-order valence-electron chi connectivity index (χ3n) is 3.64. The topological polar surface area (TPSA) is 34.1 Å². The van der Waals surface area contributed by atoms with Crippen LogP contribution in [0.4, 0.5) is 0 Å². The Bertz CT molecular complexity index is 960. The van der Waals surface area contributed by atoms with Crippen molar-refractivity contribution >= 4 is 45.3 Å². The van der Waals surface area contributed by atoms with Crippen LogP contribution in [0.2, 0.25) is 0 Å². The van der Waals surface area contributed by atoms with Crippen LogP contribution in [0.25, 0.3) is 22.0 Å². The molecular formula is C18H10O2S. The van der Waals surface area contributed by atoms with Gasteiger partial charge in [0.2, 0.25) is 0 Å². The van der Waals surface area contributed by atoms with E-state index in [0.717, 1.165) is 20.9 Å². The minimum Gasteiger partial charge on any atom is -0.289 e. The van der Waals surface area contributed by atoms with Gasteiger partial charge in [-0.15, -0.1) is 0 Å². The molecule has 0 spiro atoms. The van der Waals surface area contributed by atoms with Gasteiger partial charge in [-0.3, -0.25) is 9.59 Å². The summed E-state index contributed by atoms with van der Waals surface area (Å²) in [4.78, 5) is 25.7. The third kappa shape index (κ3) is 1.89. The molecule has 0 saturated heterocycles. The lowest BCUT2D eigenvalue weighted by atomic mass is 10.3. The molecule has 21 heavy (non-hydrogen) atoms. The molecule has 0 saturated carbocycles. The zero-order chi connectivity index (χ0) is 14.4. The Morgan fingerprint density at radius 2 is 1.05 bits per heavy atom. The zero-order valence-corrected chi connectivity index (χ0v) is 11.8. The van der Waals surface area contributed by atoms with Crippen molar-refractivity contribution in [3.05, 3.63) is 69.4 Å². The number of carbonyl (C=O) groups excluding carboxylic acids is 2. The summed E-state index contributed by atoms with van der Waals surface area (Å²) in [5.41, 5.74) is 0. The highest BCUT2D eigenvalue weighted by Gasteiger charge is 2.22. The minimum absolute atomic E-state index is 0.0223. The summed E-state index contributed by atoms with van der Waals surface area (Å²) >= 11 is 1.29. The van der Waals surface area contributed by atoms with Crippen molar-refractivity contribution in [2.45, 2.75) is 0 Å². The number of benzene rings is 2. The van der Waals surface area contributed by atoms with Gasteiger partial charge >= 0.3 is 0 Å². The Balaban J connectivity index is 1.94. The van der Waals surface area contributed by atoms with Gasteiger partial charge in [0.1, 0.15) is 0 Å². The molecule has 2 aliphatic carbocycles. The molecule has 0 fully saturated rings. The SMILES string of the molecule is O=C1C=c2ccccc2=C1SC1=c2ccccc2=CC1=O. The van der Waals surface area contributed by atoms with Crippen molar-refractivity contribution in [2.24, 2.45) is 0 Å². The molecule has 4 rings (SSSR count). The van der Waals surface area contributed by atoms with E-state index in [9.17, 15) is 9.59 Å². The number of carbonyl (C=O) groups is 2. The van der Waals surface area contributed by atoms with E-state index in [1.807, 2.05) is 48.5 Å². The fraction of sp³-hybridized carbons (Fsp3) is 0. The predicted octanol–water partition coefficient (Wildman–Crippen LogP) is 0.0628. The molecule has 0 aliphatic heterocycles. The number of fused-ring (bicyclic) bond motifs is 2. The van der Waals surface area contributed by atoms with Crippen molar-refractivity contribution in [2.75, 3.05) is 0 Å². The largest absolute Gasteiger partial charge is 0.289 e. The van der Waals surface area contributed by atoms with Gasteiger partial charge in [-0.05, 0) is 33.0 Å². The fourth-order valence-electron chi connectivity index (χ4n) is 2.65. The molecule has 2 nitrogen and oxygen atoms in total. The molecule has 0 amide bonds. The summed E-state index contributed by atoms with van der Waals surface area (Å²) in [5, 5.41) is 3.68. The molecule has 0 bridgehead atoms. The summed E-state index contributed by atoms with van der Waals surface area (Å²) in [5.74, 6) is -0.0447. The normalized spacial score (nSPS) is 15.6. The molecule has 0 radical (unpaired) electrons. The maximum absolute atomic E-state index is 12.2. The summed E-state index contributed by atoms with van der Waals surface area (Å²) in [6.07, 6.45) is 3.26. The molecule has 2 aromatic carbocycles. The van der Waals surface area contributed by atoms with E-state index in [1.54, 1.807) is 12.2 Å². The highest BCUT2D eigenvalue weighted by atomic mass is 32.2. The molecule has 0 N–H and O–H groups in total. The summed E-state index contributed by atoms with van der Waals surface area (Å²) < 4.78 is 0. The Labute approximate surface area is 124 Å². The van der Waals surface area contributed by atoms with Crippen LogP contribution >= 0.6 is 11.8 Å². The Morgan fingerprint density at radius 1 is 0.619 bits per heavy atom. The van der Waals surface area contributed by atoms with E-state index in [1.165, 1.54) is 11.8 Å². The number of hydrogen-bond donors (Lipinski definition) is 0. The van der Waals surface area contributed by atoms with Gasteiger partial charge < -0.3 is 0 Å². The molecule has 100 valence electrons. The molecular weight excluding hydrogens is 280 g/mol. The Kier molecular flexibility index (Phi) is 2.69. The predicted molar refractivity (Wildman–Crippen MR) is 84.7 cm³/mol. The first kappa shape index (κ1) is 12.4. The van der Waals surface area contributed by atoms with Gasteiger partial charge in [0.25, 0.3) is 0 Å². The number of Topliss-reactive ketones (excluding diaryl/α,β-unsaturated/α-hetero) is 2. The molecule has 3 heteroatoms. The summed E-state index contributed by atoms with van der Waals surface area (Å²) in [6.45, 7) is 0. The first-order valence-electron chi connectivity index (χ1n) is 6.63. The second kappa shape index (κ2) is 4.57. The highest BCUT2D eigenvalue weighted by Crippen LogP contribution is 2.29. The number of thioether (sulfide) groups is 1. The van der Waals surface area contributed by atoms with Crippen LogP contribution in [0.15, 0.2) is 48.5 Å². The van der Waals surface area contributed by atoms with E-state index in [2.05, 4.69) is 0 Å². The van der Waals surface area contributed by atoms with Crippen LogP contribution in [-0.4, -0.2) is 11.6 Å². The van der Waals surface area contributed by atoms with Crippen LogP contribution in [0.5, 0.6) is 0 Å². The Hall–Kier alpha value is -2.39. The average molecular weight is 290 g/mol. The van der Waals surface area contributed by atoms with Crippen LogP contribution in [0.1, 0.15) is 0 Å².